The second-order valence-corrected chi connectivity index (χ2v) is 6.93. The van der Waals surface area contributed by atoms with E-state index in [1.165, 1.54) is 51.4 Å². The fourth-order valence-electron chi connectivity index (χ4n) is 4.78. The highest BCUT2D eigenvalue weighted by Crippen LogP contribution is 2.48. The number of rotatable bonds is 3. The maximum Gasteiger partial charge on any atom is 0.308 e. The third kappa shape index (κ3) is 2.81. The van der Waals surface area contributed by atoms with E-state index >= 15 is 0 Å². The fraction of sp³-hybridized carbons (Fsp3) is 0.938. The van der Waals surface area contributed by atoms with Crippen LogP contribution in [0, 0.1) is 17.8 Å². The standard InChI is InChI=1S/C16H27NO2/c18-16(19)14-11-8-9-12(10-11)15(14)17-13-6-4-2-1-3-5-7-13/h11-15,17H,1-10H2,(H,18,19). The summed E-state index contributed by atoms with van der Waals surface area (Å²) in [5, 5.41) is 13.3. The first-order chi connectivity index (χ1) is 9.25. The van der Waals surface area contributed by atoms with Crippen molar-refractivity contribution in [2.75, 3.05) is 0 Å². The van der Waals surface area contributed by atoms with E-state index in [1.807, 2.05) is 0 Å². The van der Waals surface area contributed by atoms with Crippen LogP contribution in [0.5, 0.6) is 0 Å². The average Bonchev–Trinajstić information content (AvgIpc) is 2.92. The summed E-state index contributed by atoms with van der Waals surface area (Å²) >= 11 is 0. The van der Waals surface area contributed by atoms with Crippen LogP contribution in [0.4, 0.5) is 0 Å². The molecule has 3 aliphatic carbocycles. The molecule has 3 rings (SSSR count). The molecule has 0 spiro atoms. The third-order valence-corrected chi connectivity index (χ3v) is 5.73. The molecule has 0 saturated heterocycles. The van der Waals surface area contributed by atoms with Crippen molar-refractivity contribution in [3.63, 3.8) is 0 Å². The Bertz CT molecular complexity index is 323. The molecular formula is C16H27NO2. The highest BCUT2D eigenvalue weighted by atomic mass is 16.4. The molecule has 0 amide bonds. The van der Waals surface area contributed by atoms with E-state index in [-0.39, 0.29) is 12.0 Å². The molecule has 4 unspecified atom stereocenters. The predicted molar refractivity (Wildman–Crippen MR) is 75.0 cm³/mol. The minimum Gasteiger partial charge on any atom is -0.481 e. The zero-order chi connectivity index (χ0) is 13.2. The lowest BCUT2D eigenvalue weighted by Crippen LogP contribution is -2.48. The minimum atomic E-state index is -0.560. The first kappa shape index (κ1) is 13.4. The lowest BCUT2D eigenvalue weighted by molar-refractivity contribution is -0.144. The van der Waals surface area contributed by atoms with Crippen LogP contribution in [0.25, 0.3) is 0 Å². The van der Waals surface area contributed by atoms with Crippen LogP contribution in [-0.2, 0) is 4.79 Å². The molecule has 0 aliphatic heterocycles. The Kier molecular flexibility index (Phi) is 4.11. The molecule has 3 nitrogen and oxygen atoms in total. The van der Waals surface area contributed by atoms with Crippen molar-refractivity contribution in [1.29, 1.82) is 0 Å². The summed E-state index contributed by atoms with van der Waals surface area (Å²) in [4.78, 5) is 11.5. The number of carboxylic acids is 1. The third-order valence-electron chi connectivity index (χ3n) is 5.73. The SMILES string of the molecule is O=C(O)C1C2CCC(C2)C1NC1CCCCCCC1. The van der Waals surface area contributed by atoms with E-state index in [2.05, 4.69) is 5.32 Å². The molecule has 0 heterocycles. The van der Waals surface area contributed by atoms with Gasteiger partial charge in [0.05, 0.1) is 5.92 Å². The summed E-state index contributed by atoms with van der Waals surface area (Å²) < 4.78 is 0. The van der Waals surface area contributed by atoms with Gasteiger partial charge in [0.25, 0.3) is 0 Å². The molecule has 0 aromatic heterocycles. The molecule has 3 aliphatic rings. The van der Waals surface area contributed by atoms with Crippen molar-refractivity contribution >= 4 is 5.97 Å². The quantitative estimate of drug-likeness (QED) is 0.824. The van der Waals surface area contributed by atoms with Gasteiger partial charge in [-0.25, -0.2) is 0 Å². The highest BCUT2D eigenvalue weighted by molar-refractivity contribution is 5.72. The summed E-state index contributed by atoms with van der Waals surface area (Å²) in [5.74, 6) is 0.421. The Morgan fingerprint density at radius 2 is 1.53 bits per heavy atom. The molecule has 2 bridgehead atoms. The lowest BCUT2D eigenvalue weighted by atomic mass is 9.83. The van der Waals surface area contributed by atoms with Gasteiger partial charge in [0, 0.05) is 12.1 Å². The monoisotopic (exact) mass is 265 g/mol. The van der Waals surface area contributed by atoms with Crippen LogP contribution in [-0.4, -0.2) is 23.2 Å². The normalized spacial score (nSPS) is 40.0. The van der Waals surface area contributed by atoms with Crippen LogP contribution < -0.4 is 5.32 Å². The van der Waals surface area contributed by atoms with Crippen molar-refractivity contribution in [2.45, 2.75) is 76.3 Å². The van der Waals surface area contributed by atoms with E-state index < -0.39 is 5.97 Å². The van der Waals surface area contributed by atoms with Gasteiger partial charge < -0.3 is 10.4 Å². The first-order valence-electron chi connectivity index (χ1n) is 8.24. The molecular weight excluding hydrogens is 238 g/mol. The van der Waals surface area contributed by atoms with E-state index in [0.717, 1.165) is 12.8 Å². The number of nitrogens with one attached hydrogen (secondary N) is 1. The van der Waals surface area contributed by atoms with Gasteiger partial charge in [-0.3, -0.25) is 4.79 Å². The minimum absolute atomic E-state index is 0.107. The average molecular weight is 265 g/mol. The van der Waals surface area contributed by atoms with Gasteiger partial charge in [-0.15, -0.1) is 0 Å². The van der Waals surface area contributed by atoms with Crippen LogP contribution in [0.1, 0.15) is 64.2 Å². The topological polar surface area (TPSA) is 49.3 Å². The fourth-order valence-corrected chi connectivity index (χ4v) is 4.78. The molecule has 3 fully saturated rings. The summed E-state index contributed by atoms with van der Waals surface area (Å²) in [5.41, 5.74) is 0. The molecule has 3 heteroatoms. The lowest BCUT2D eigenvalue weighted by Gasteiger charge is -2.33. The van der Waals surface area contributed by atoms with E-state index in [0.29, 0.717) is 17.9 Å². The number of carboxylic acid groups (broad SMARTS) is 1. The first-order valence-corrected chi connectivity index (χ1v) is 8.24. The molecule has 0 aromatic rings. The Hall–Kier alpha value is -0.570. The van der Waals surface area contributed by atoms with Gasteiger partial charge in [0.2, 0.25) is 0 Å². The van der Waals surface area contributed by atoms with Gasteiger partial charge in [0.15, 0.2) is 0 Å². The Balaban J connectivity index is 1.62. The Labute approximate surface area is 116 Å². The maximum atomic E-state index is 11.5. The number of hydrogen-bond acceptors (Lipinski definition) is 2. The molecule has 0 aromatic carbocycles. The van der Waals surface area contributed by atoms with Crippen molar-refractivity contribution in [1.82, 2.24) is 5.32 Å². The van der Waals surface area contributed by atoms with Gasteiger partial charge in [-0.05, 0) is 43.9 Å². The van der Waals surface area contributed by atoms with E-state index in [9.17, 15) is 9.90 Å². The Morgan fingerprint density at radius 3 is 2.21 bits per heavy atom. The second-order valence-electron chi connectivity index (χ2n) is 6.93. The summed E-state index contributed by atoms with van der Waals surface area (Å²) in [6.45, 7) is 0. The largest absolute Gasteiger partial charge is 0.481 e. The van der Waals surface area contributed by atoms with Crippen molar-refractivity contribution < 1.29 is 9.90 Å². The zero-order valence-corrected chi connectivity index (χ0v) is 11.8. The van der Waals surface area contributed by atoms with Crippen LogP contribution in [0.2, 0.25) is 0 Å². The predicted octanol–water partition coefficient (Wildman–Crippen LogP) is 3.19. The van der Waals surface area contributed by atoms with Crippen LogP contribution in [0.3, 0.4) is 0 Å². The van der Waals surface area contributed by atoms with Crippen molar-refractivity contribution in [3.05, 3.63) is 0 Å². The number of hydrogen-bond donors (Lipinski definition) is 2. The molecule has 108 valence electrons. The van der Waals surface area contributed by atoms with Gasteiger partial charge in [-0.2, -0.15) is 0 Å². The van der Waals surface area contributed by atoms with Gasteiger partial charge in [-0.1, -0.05) is 32.1 Å². The molecule has 2 N–H and O–H groups in total. The number of fused-ring (bicyclic) bond motifs is 2. The highest BCUT2D eigenvalue weighted by Gasteiger charge is 2.51. The van der Waals surface area contributed by atoms with E-state index in [1.54, 1.807) is 0 Å². The van der Waals surface area contributed by atoms with Gasteiger partial charge in [0.1, 0.15) is 0 Å². The summed E-state index contributed by atoms with van der Waals surface area (Å²) in [6.07, 6.45) is 12.8. The second kappa shape index (κ2) is 5.82. The number of carbonyl (C=O) groups is 1. The van der Waals surface area contributed by atoms with E-state index in [4.69, 9.17) is 0 Å². The Morgan fingerprint density at radius 1 is 0.895 bits per heavy atom. The summed E-state index contributed by atoms with van der Waals surface area (Å²) in [7, 11) is 0. The smallest absolute Gasteiger partial charge is 0.308 e. The number of aliphatic carboxylic acids is 1. The van der Waals surface area contributed by atoms with Crippen LogP contribution >= 0.6 is 0 Å². The zero-order valence-electron chi connectivity index (χ0n) is 11.8. The molecule has 3 saturated carbocycles. The van der Waals surface area contributed by atoms with Gasteiger partial charge >= 0.3 is 5.97 Å². The summed E-state index contributed by atoms with van der Waals surface area (Å²) in [6, 6.07) is 0.840. The maximum absolute atomic E-state index is 11.5. The van der Waals surface area contributed by atoms with Crippen molar-refractivity contribution in [3.8, 4) is 0 Å². The molecule has 19 heavy (non-hydrogen) atoms. The van der Waals surface area contributed by atoms with Crippen molar-refractivity contribution in [2.24, 2.45) is 17.8 Å². The molecule has 4 atom stereocenters. The van der Waals surface area contributed by atoms with Crippen LogP contribution in [0.15, 0.2) is 0 Å². The molecule has 0 radical (unpaired) electrons.